The van der Waals surface area contributed by atoms with E-state index in [1.165, 1.54) is 7.11 Å². The fourth-order valence-electron chi connectivity index (χ4n) is 2.32. The number of aryl methyl sites for hydroxylation is 1. The number of hydrogen-bond donors (Lipinski definition) is 3. The van der Waals surface area contributed by atoms with Crippen molar-refractivity contribution in [3.63, 3.8) is 0 Å². The van der Waals surface area contributed by atoms with Crippen molar-refractivity contribution in [3.05, 3.63) is 35.4 Å². The molecule has 0 radical (unpaired) electrons. The van der Waals surface area contributed by atoms with Crippen LogP contribution in [0.2, 0.25) is 0 Å². The number of nitrogens with one attached hydrogen (secondary N) is 2. The fourth-order valence-corrected chi connectivity index (χ4v) is 2.32. The molecule has 0 saturated heterocycles. The van der Waals surface area contributed by atoms with Gasteiger partial charge in [0.2, 0.25) is 0 Å². The minimum Gasteiger partial charge on any atom is -0.389 e. The van der Waals surface area contributed by atoms with Gasteiger partial charge in [0.15, 0.2) is 0 Å². The van der Waals surface area contributed by atoms with E-state index >= 15 is 0 Å². The van der Waals surface area contributed by atoms with Crippen molar-refractivity contribution in [2.45, 2.75) is 39.8 Å². The van der Waals surface area contributed by atoms with Crippen LogP contribution in [0.4, 0.5) is 4.79 Å². The predicted molar refractivity (Wildman–Crippen MR) is 87.8 cm³/mol. The van der Waals surface area contributed by atoms with Crippen LogP contribution in [0, 0.1) is 12.3 Å². The molecule has 5 heteroatoms. The van der Waals surface area contributed by atoms with E-state index < -0.39 is 6.10 Å². The normalized spacial score (nSPS) is 14.3. The van der Waals surface area contributed by atoms with Crippen LogP contribution in [0.5, 0.6) is 0 Å². The number of amides is 2. The highest BCUT2D eigenvalue weighted by Crippen LogP contribution is 2.34. The van der Waals surface area contributed by atoms with Crippen LogP contribution < -0.4 is 10.6 Å². The molecule has 2 unspecified atom stereocenters. The molecule has 0 aliphatic carbocycles. The SMILES string of the molecule is COCC(O)CNC(=O)NC(c1ccccc1C)C(C)(C)C. The van der Waals surface area contributed by atoms with Gasteiger partial charge in [0.05, 0.1) is 18.8 Å². The maximum Gasteiger partial charge on any atom is 0.315 e. The quantitative estimate of drug-likeness (QED) is 0.755. The van der Waals surface area contributed by atoms with Gasteiger partial charge in [-0.15, -0.1) is 0 Å². The van der Waals surface area contributed by atoms with Gasteiger partial charge in [-0.2, -0.15) is 0 Å². The first-order valence-electron chi connectivity index (χ1n) is 7.52. The number of benzene rings is 1. The number of methoxy groups -OCH3 is 1. The van der Waals surface area contributed by atoms with Crippen molar-refractivity contribution in [3.8, 4) is 0 Å². The highest BCUT2D eigenvalue weighted by Gasteiger charge is 2.28. The van der Waals surface area contributed by atoms with Crippen molar-refractivity contribution >= 4 is 6.03 Å². The van der Waals surface area contributed by atoms with Gasteiger partial charge >= 0.3 is 6.03 Å². The van der Waals surface area contributed by atoms with Crippen molar-refractivity contribution in [2.75, 3.05) is 20.3 Å². The van der Waals surface area contributed by atoms with Crippen LogP contribution in [-0.2, 0) is 4.74 Å². The lowest BCUT2D eigenvalue weighted by atomic mass is 9.81. The summed E-state index contributed by atoms with van der Waals surface area (Å²) in [5.41, 5.74) is 2.11. The Bertz CT molecular complexity index is 483. The van der Waals surface area contributed by atoms with Crippen molar-refractivity contribution in [2.24, 2.45) is 5.41 Å². The Morgan fingerprint density at radius 1 is 1.32 bits per heavy atom. The molecule has 0 heterocycles. The first-order chi connectivity index (χ1) is 10.3. The molecule has 1 aromatic rings. The third-order valence-electron chi connectivity index (χ3n) is 3.50. The standard InChI is InChI=1S/C17H28N2O3/c1-12-8-6-7-9-14(12)15(17(2,3)4)19-16(21)18-10-13(20)11-22-5/h6-9,13,15,20H,10-11H2,1-5H3,(H2,18,19,21). The van der Waals surface area contributed by atoms with E-state index in [-0.39, 0.29) is 30.6 Å². The summed E-state index contributed by atoms with van der Waals surface area (Å²) in [4.78, 5) is 12.1. The maximum atomic E-state index is 12.1. The number of aliphatic hydroxyl groups excluding tert-OH is 1. The van der Waals surface area contributed by atoms with Crippen molar-refractivity contribution in [1.29, 1.82) is 0 Å². The van der Waals surface area contributed by atoms with Crippen molar-refractivity contribution in [1.82, 2.24) is 10.6 Å². The molecule has 0 fully saturated rings. The first-order valence-corrected chi connectivity index (χ1v) is 7.52. The molecule has 1 rings (SSSR count). The number of carbonyl (C=O) groups excluding carboxylic acids is 1. The van der Waals surface area contributed by atoms with Crippen LogP contribution in [0.3, 0.4) is 0 Å². The lowest BCUT2D eigenvalue weighted by Crippen LogP contribution is -2.45. The highest BCUT2D eigenvalue weighted by atomic mass is 16.5. The van der Waals surface area contributed by atoms with E-state index in [1.54, 1.807) is 0 Å². The summed E-state index contributed by atoms with van der Waals surface area (Å²) in [6, 6.07) is 7.62. The van der Waals surface area contributed by atoms with Gasteiger partial charge in [-0.05, 0) is 23.5 Å². The second kappa shape index (κ2) is 8.15. The van der Waals surface area contributed by atoms with Gasteiger partial charge in [0.1, 0.15) is 0 Å². The molecule has 0 spiro atoms. The Balaban J connectivity index is 2.75. The minimum atomic E-state index is -0.706. The molecule has 0 aliphatic rings. The number of carbonyl (C=O) groups is 1. The lowest BCUT2D eigenvalue weighted by molar-refractivity contribution is 0.0657. The van der Waals surface area contributed by atoms with Gasteiger partial charge in [0.25, 0.3) is 0 Å². The van der Waals surface area contributed by atoms with Crippen LogP contribution >= 0.6 is 0 Å². The molecule has 3 N–H and O–H groups in total. The summed E-state index contributed by atoms with van der Waals surface area (Å²) in [6.45, 7) is 8.65. The lowest BCUT2D eigenvalue weighted by Gasteiger charge is -2.33. The number of hydrogen-bond acceptors (Lipinski definition) is 3. The fraction of sp³-hybridized carbons (Fsp3) is 0.588. The number of urea groups is 1. The third-order valence-corrected chi connectivity index (χ3v) is 3.50. The average molecular weight is 308 g/mol. The topological polar surface area (TPSA) is 70.6 Å². The minimum absolute atomic E-state index is 0.117. The van der Waals surface area contributed by atoms with Gasteiger partial charge < -0.3 is 20.5 Å². The summed E-state index contributed by atoms with van der Waals surface area (Å²) in [5.74, 6) is 0. The number of aliphatic hydroxyl groups is 1. The van der Waals surface area contributed by atoms with E-state index in [4.69, 9.17) is 4.74 Å². The molecule has 124 valence electrons. The second-order valence-corrected chi connectivity index (χ2v) is 6.62. The molecule has 2 amide bonds. The molecule has 0 aliphatic heterocycles. The van der Waals surface area contributed by atoms with Gasteiger partial charge in [-0.25, -0.2) is 4.79 Å². The van der Waals surface area contributed by atoms with Crippen LogP contribution in [-0.4, -0.2) is 37.5 Å². The Morgan fingerprint density at radius 3 is 2.50 bits per heavy atom. The molecule has 0 bridgehead atoms. The molecule has 1 aromatic carbocycles. The molecule has 22 heavy (non-hydrogen) atoms. The molecular weight excluding hydrogens is 280 g/mol. The third kappa shape index (κ3) is 5.66. The zero-order chi connectivity index (χ0) is 16.8. The van der Waals surface area contributed by atoms with Gasteiger partial charge in [-0.1, -0.05) is 45.0 Å². The molecule has 2 atom stereocenters. The monoisotopic (exact) mass is 308 g/mol. The summed E-state index contributed by atoms with van der Waals surface area (Å²) in [7, 11) is 1.51. The van der Waals surface area contributed by atoms with Crippen LogP contribution in [0.15, 0.2) is 24.3 Å². The Morgan fingerprint density at radius 2 is 1.95 bits per heavy atom. The Labute approximate surface area is 133 Å². The molecule has 0 saturated carbocycles. The summed E-state index contributed by atoms with van der Waals surface area (Å²) < 4.78 is 4.83. The summed E-state index contributed by atoms with van der Waals surface area (Å²) >= 11 is 0. The van der Waals surface area contributed by atoms with E-state index in [9.17, 15) is 9.90 Å². The Kier molecular flexibility index (Phi) is 6.84. The Hall–Kier alpha value is -1.59. The second-order valence-electron chi connectivity index (χ2n) is 6.62. The number of ether oxygens (including phenoxy) is 1. The summed E-state index contributed by atoms with van der Waals surface area (Å²) in [6.07, 6.45) is -0.706. The largest absolute Gasteiger partial charge is 0.389 e. The number of rotatable bonds is 6. The van der Waals surface area contributed by atoms with E-state index in [0.717, 1.165) is 11.1 Å². The molecular formula is C17H28N2O3. The van der Waals surface area contributed by atoms with E-state index in [2.05, 4.69) is 31.4 Å². The zero-order valence-electron chi connectivity index (χ0n) is 14.1. The van der Waals surface area contributed by atoms with Gasteiger partial charge in [0, 0.05) is 13.7 Å². The van der Waals surface area contributed by atoms with Crippen molar-refractivity contribution < 1.29 is 14.6 Å². The average Bonchev–Trinajstić information content (AvgIpc) is 2.43. The van der Waals surface area contributed by atoms with E-state index in [1.807, 2.05) is 31.2 Å². The van der Waals surface area contributed by atoms with Crippen LogP contribution in [0.1, 0.15) is 37.9 Å². The molecule has 5 nitrogen and oxygen atoms in total. The predicted octanol–water partition coefficient (Wildman–Crippen LogP) is 2.39. The highest BCUT2D eigenvalue weighted by molar-refractivity contribution is 5.74. The van der Waals surface area contributed by atoms with E-state index in [0.29, 0.717) is 0 Å². The maximum absolute atomic E-state index is 12.1. The zero-order valence-corrected chi connectivity index (χ0v) is 14.1. The summed E-state index contributed by atoms with van der Waals surface area (Å²) in [5, 5.41) is 15.3. The smallest absolute Gasteiger partial charge is 0.315 e. The molecule has 0 aromatic heterocycles. The van der Waals surface area contributed by atoms with Gasteiger partial charge in [-0.3, -0.25) is 0 Å². The first kappa shape index (κ1) is 18.5. The van der Waals surface area contributed by atoms with Crippen LogP contribution in [0.25, 0.3) is 0 Å².